The van der Waals surface area contributed by atoms with Crippen LogP contribution in [-0.4, -0.2) is 11.1 Å². The van der Waals surface area contributed by atoms with Crippen molar-refractivity contribution in [1.29, 1.82) is 0 Å². The van der Waals surface area contributed by atoms with Crippen LogP contribution in [0.1, 0.15) is 65.2 Å². The Bertz CT molecular complexity index is 203. The first-order valence-electron chi connectivity index (χ1n) is 6.30. The highest BCUT2D eigenvalue weighted by Crippen LogP contribution is 2.45. The lowest BCUT2D eigenvalue weighted by Crippen LogP contribution is -2.27. The third-order valence-electron chi connectivity index (χ3n) is 3.98. The first-order chi connectivity index (χ1) is 7.08. The van der Waals surface area contributed by atoms with Crippen molar-refractivity contribution in [3.8, 4) is 0 Å². The molecule has 1 N–H and O–H groups in total. The van der Waals surface area contributed by atoms with Crippen LogP contribution in [0.2, 0.25) is 0 Å². The molecule has 2 nitrogen and oxygen atoms in total. The molecular weight excluding hydrogens is 188 g/mol. The van der Waals surface area contributed by atoms with Crippen LogP contribution >= 0.6 is 0 Å². The number of carboxylic acids is 1. The van der Waals surface area contributed by atoms with Gasteiger partial charge >= 0.3 is 5.97 Å². The summed E-state index contributed by atoms with van der Waals surface area (Å²) in [6.07, 6.45) is 8.72. The topological polar surface area (TPSA) is 37.3 Å². The Hall–Kier alpha value is -0.530. The van der Waals surface area contributed by atoms with E-state index in [1.807, 2.05) is 0 Å². The van der Waals surface area contributed by atoms with Crippen LogP contribution < -0.4 is 0 Å². The number of carbonyl (C=O) groups is 1. The molecule has 0 bridgehead atoms. The highest BCUT2D eigenvalue weighted by molar-refractivity contribution is 5.66. The van der Waals surface area contributed by atoms with Crippen LogP contribution in [0, 0.1) is 11.3 Å². The van der Waals surface area contributed by atoms with Gasteiger partial charge in [0.25, 0.3) is 0 Å². The van der Waals surface area contributed by atoms with Gasteiger partial charge in [-0.1, -0.05) is 33.1 Å². The SMILES string of the molecule is CCCC1(CCC(=O)O)CCC(C)CC1. The lowest BCUT2D eigenvalue weighted by molar-refractivity contribution is -0.137. The van der Waals surface area contributed by atoms with E-state index in [0.29, 0.717) is 11.8 Å². The zero-order valence-electron chi connectivity index (χ0n) is 10.1. The van der Waals surface area contributed by atoms with Crippen molar-refractivity contribution in [3.63, 3.8) is 0 Å². The summed E-state index contributed by atoms with van der Waals surface area (Å²) in [6, 6.07) is 0. The maximum atomic E-state index is 10.7. The summed E-state index contributed by atoms with van der Waals surface area (Å²) < 4.78 is 0. The van der Waals surface area contributed by atoms with E-state index in [1.54, 1.807) is 0 Å². The maximum absolute atomic E-state index is 10.7. The van der Waals surface area contributed by atoms with Gasteiger partial charge in [-0.25, -0.2) is 0 Å². The molecule has 0 spiro atoms. The molecule has 0 atom stereocenters. The zero-order valence-corrected chi connectivity index (χ0v) is 10.1. The minimum absolute atomic E-state index is 0.356. The van der Waals surface area contributed by atoms with Gasteiger partial charge < -0.3 is 5.11 Å². The summed E-state index contributed by atoms with van der Waals surface area (Å²) in [7, 11) is 0. The third kappa shape index (κ3) is 3.84. The number of carboxylic acid groups (broad SMARTS) is 1. The van der Waals surface area contributed by atoms with Crippen LogP contribution in [0.3, 0.4) is 0 Å². The quantitative estimate of drug-likeness (QED) is 0.751. The fourth-order valence-corrected chi connectivity index (χ4v) is 2.90. The summed E-state index contributed by atoms with van der Waals surface area (Å²) in [4.78, 5) is 10.7. The smallest absolute Gasteiger partial charge is 0.303 e. The van der Waals surface area contributed by atoms with Crippen LogP contribution in [0.4, 0.5) is 0 Å². The summed E-state index contributed by atoms with van der Waals surface area (Å²) in [5.74, 6) is 0.212. The molecule has 0 saturated heterocycles. The lowest BCUT2D eigenvalue weighted by Gasteiger charge is -2.39. The van der Waals surface area contributed by atoms with E-state index in [-0.39, 0.29) is 0 Å². The second-order valence-corrected chi connectivity index (χ2v) is 5.33. The Morgan fingerprint density at radius 3 is 2.40 bits per heavy atom. The van der Waals surface area contributed by atoms with Crippen LogP contribution in [0.5, 0.6) is 0 Å². The Balaban J connectivity index is 2.50. The Labute approximate surface area is 93.1 Å². The Morgan fingerprint density at radius 2 is 1.93 bits per heavy atom. The van der Waals surface area contributed by atoms with Crippen molar-refractivity contribution in [2.45, 2.75) is 65.2 Å². The average molecular weight is 212 g/mol. The van der Waals surface area contributed by atoms with Gasteiger partial charge in [-0.2, -0.15) is 0 Å². The summed E-state index contributed by atoms with van der Waals surface area (Å²) >= 11 is 0. The van der Waals surface area contributed by atoms with Crippen LogP contribution in [0.25, 0.3) is 0 Å². The van der Waals surface area contributed by atoms with Crippen molar-refractivity contribution in [2.24, 2.45) is 11.3 Å². The van der Waals surface area contributed by atoms with Gasteiger partial charge in [0.05, 0.1) is 0 Å². The van der Waals surface area contributed by atoms with Crippen molar-refractivity contribution < 1.29 is 9.90 Å². The molecule has 1 aliphatic carbocycles. The number of hydrogen-bond donors (Lipinski definition) is 1. The molecule has 0 aromatic heterocycles. The van der Waals surface area contributed by atoms with Crippen molar-refractivity contribution in [3.05, 3.63) is 0 Å². The van der Waals surface area contributed by atoms with E-state index >= 15 is 0 Å². The first kappa shape index (κ1) is 12.5. The largest absolute Gasteiger partial charge is 0.481 e. The predicted molar refractivity (Wildman–Crippen MR) is 61.8 cm³/mol. The molecule has 0 unspecified atom stereocenters. The molecule has 1 rings (SSSR count). The number of aliphatic carboxylic acids is 1. The van der Waals surface area contributed by atoms with E-state index in [1.165, 1.54) is 38.5 Å². The van der Waals surface area contributed by atoms with E-state index in [9.17, 15) is 4.79 Å². The van der Waals surface area contributed by atoms with Gasteiger partial charge in [0, 0.05) is 6.42 Å². The molecule has 88 valence electrons. The van der Waals surface area contributed by atoms with E-state index in [2.05, 4.69) is 13.8 Å². The van der Waals surface area contributed by atoms with Gasteiger partial charge in [-0.3, -0.25) is 4.79 Å². The molecule has 0 amide bonds. The first-order valence-corrected chi connectivity index (χ1v) is 6.30. The van der Waals surface area contributed by atoms with Crippen molar-refractivity contribution in [1.82, 2.24) is 0 Å². The molecule has 1 fully saturated rings. The monoisotopic (exact) mass is 212 g/mol. The fraction of sp³-hybridized carbons (Fsp3) is 0.923. The van der Waals surface area contributed by atoms with Gasteiger partial charge in [0.2, 0.25) is 0 Å². The van der Waals surface area contributed by atoms with Crippen LogP contribution in [-0.2, 0) is 4.79 Å². The van der Waals surface area contributed by atoms with E-state index in [4.69, 9.17) is 5.11 Å². The molecule has 2 heteroatoms. The second-order valence-electron chi connectivity index (χ2n) is 5.33. The zero-order chi connectivity index (χ0) is 11.3. The second kappa shape index (κ2) is 5.53. The molecule has 0 heterocycles. The van der Waals surface area contributed by atoms with E-state index < -0.39 is 5.97 Å². The molecule has 0 aliphatic heterocycles. The molecule has 15 heavy (non-hydrogen) atoms. The molecule has 1 saturated carbocycles. The summed E-state index contributed by atoms with van der Waals surface area (Å²) in [5.41, 5.74) is 0.361. The van der Waals surface area contributed by atoms with Gasteiger partial charge in [0.1, 0.15) is 0 Å². The fourth-order valence-electron chi connectivity index (χ4n) is 2.90. The third-order valence-corrected chi connectivity index (χ3v) is 3.98. The summed E-state index contributed by atoms with van der Waals surface area (Å²) in [5, 5.41) is 8.78. The minimum atomic E-state index is -0.635. The highest BCUT2D eigenvalue weighted by atomic mass is 16.4. The molecule has 1 aliphatic rings. The molecular formula is C13H24O2. The predicted octanol–water partition coefficient (Wildman–Crippen LogP) is 3.85. The Morgan fingerprint density at radius 1 is 1.33 bits per heavy atom. The highest BCUT2D eigenvalue weighted by Gasteiger charge is 2.33. The van der Waals surface area contributed by atoms with Crippen LogP contribution in [0.15, 0.2) is 0 Å². The lowest BCUT2D eigenvalue weighted by atomic mass is 9.66. The number of rotatable bonds is 5. The summed E-state index contributed by atoms with van der Waals surface area (Å²) in [6.45, 7) is 4.52. The Kier molecular flexibility index (Phi) is 4.62. The van der Waals surface area contributed by atoms with Gasteiger partial charge in [-0.15, -0.1) is 0 Å². The van der Waals surface area contributed by atoms with E-state index in [0.717, 1.165) is 12.3 Å². The minimum Gasteiger partial charge on any atom is -0.481 e. The standard InChI is InChI=1S/C13H24O2/c1-3-7-13(10-6-12(14)15)8-4-11(2)5-9-13/h11H,3-10H2,1-2H3,(H,14,15). The van der Waals surface area contributed by atoms with Crippen molar-refractivity contribution >= 4 is 5.97 Å². The van der Waals surface area contributed by atoms with Crippen molar-refractivity contribution in [2.75, 3.05) is 0 Å². The van der Waals surface area contributed by atoms with Gasteiger partial charge in [-0.05, 0) is 37.0 Å². The molecule has 0 aromatic carbocycles. The average Bonchev–Trinajstić information content (AvgIpc) is 2.20. The maximum Gasteiger partial charge on any atom is 0.303 e. The van der Waals surface area contributed by atoms with Gasteiger partial charge in [0.15, 0.2) is 0 Å². The normalized spacial score (nSPS) is 31.5. The molecule has 0 aromatic rings. The molecule has 0 radical (unpaired) electrons. The number of hydrogen-bond acceptors (Lipinski definition) is 1.